The molecule has 0 saturated carbocycles. The third kappa shape index (κ3) is 9.20. The Morgan fingerprint density at radius 2 is 2.00 bits per heavy atom. The van der Waals surface area contributed by atoms with Crippen LogP contribution in [0, 0.1) is 0 Å². The topological polar surface area (TPSA) is 50.8 Å². The zero-order chi connectivity index (χ0) is 20.4. The van der Waals surface area contributed by atoms with E-state index < -0.39 is 11.5 Å². The van der Waals surface area contributed by atoms with Gasteiger partial charge in [0.2, 0.25) is 0 Å². The van der Waals surface area contributed by atoms with E-state index in [9.17, 15) is 4.79 Å². The highest BCUT2D eigenvalue weighted by molar-refractivity contribution is 7.80. The standard InChI is InChI=1S/C21H34N2O3S/c1-7-8-12-25-17-11-9-10-16(13-17)18(20(24)26-21(2,3)4)14-22-15-19(27)23(5)6/h9-11,13,18,22H,7-8,12,14-15H2,1-6H3. The number of hydrogen-bond donors (Lipinski definition) is 1. The third-order valence-electron chi connectivity index (χ3n) is 3.84. The minimum atomic E-state index is -0.538. The Balaban J connectivity index is 2.90. The molecule has 0 saturated heterocycles. The second-order valence-corrected chi connectivity index (χ2v) is 8.25. The quantitative estimate of drug-likeness (QED) is 0.370. The van der Waals surface area contributed by atoms with Crippen molar-refractivity contribution in [3.05, 3.63) is 29.8 Å². The van der Waals surface area contributed by atoms with E-state index in [1.54, 1.807) is 0 Å². The fourth-order valence-electron chi connectivity index (χ4n) is 2.35. The van der Waals surface area contributed by atoms with Crippen molar-refractivity contribution in [3.63, 3.8) is 0 Å². The van der Waals surface area contributed by atoms with Crippen LogP contribution in [0.2, 0.25) is 0 Å². The lowest BCUT2D eigenvalue weighted by molar-refractivity contribution is -0.156. The number of hydrogen-bond acceptors (Lipinski definition) is 5. The highest BCUT2D eigenvalue weighted by Crippen LogP contribution is 2.24. The van der Waals surface area contributed by atoms with Crippen LogP contribution in [0.5, 0.6) is 5.75 Å². The predicted molar refractivity (Wildman–Crippen MR) is 115 cm³/mol. The first kappa shape index (κ1) is 23.4. The summed E-state index contributed by atoms with van der Waals surface area (Å²) in [5, 5.41) is 3.28. The molecule has 0 aliphatic heterocycles. The van der Waals surface area contributed by atoms with Crippen molar-refractivity contribution in [2.24, 2.45) is 0 Å². The number of rotatable bonds is 10. The monoisotopic (exact) mass is 394 g/mol. The van der Waals surface area contributed by atoms with Gasteiger partial charge in [-0.05, 0) is 44.9 Å². The van der Waals surface area contributed by atoms with Crippen molar-refractivity contribution >= 4 is 23.2 Å². The largest absolute Gasteiger partial charge is 0.494 e. The summed E-state index contributed by atoms with van der Waals surface area (Å²) in [6.45, 7) is 9.41. The molecular weight excluding hydrogens is 360 g/mol. The van der Waals surface area contributed by atoms with Gasteiger partial charge in [-0.15, -0.1) is 0 Å². The number of unbranched alkanes of at least 4 members (excludes halogenated alkanes) is 1. The number of nitrogens with zero attached hydrogens (tertiary/aromatic N) is 1. The van der Waals surface area contributed by atoms with E-state index in [1.807, 2.05) is 64.0 Å². The first-order valence-corrected chi connectivity index (χ1v) is 9.91. The molecule has 1 unspecified atom stereocenters. The van der Waals surface area contributed by atoms with Crippen LogP contribution in [0.3, 0.4) is 0 Å². The molecule has 0 radical (unpaired) electrons. The molecule has 1 N–H and O–H groups in total. The van der Waals surface area contributed by atoms with Crippen molar-refractivity contribution < 1.29 is 14.3 Å². The SMILES string of the molecule is CCCCOc1cccc(C(CNCC(=S)N(C)C)C(=O)OC(C)(C)C)c1. The van der Waals surface area contributed by atoms with Crippen LogP contribution >= 0.6 is 12.2 Å². The maximum atomic E-state index is 12.8. The second-order valence-electron chi connectivity index (χ2n) is 7.78. The van der Waals surface area contributed by atoms with Crippen molar-refractivity contribution in [2.45, 2.75) is 52.1 Å². The smallest absolute Gasteiger partial charge is 0.315 e. The van der Waals surface area contributed by atoms with Crippen LogP contribution < -0.4 is 10.1 Å². The minimum absolute atomic E-state index is 0.253. The molecule has 6 heteroatoms. The molecule has 0 amide bonds. The summed E-state index contributed by atoms with van der Waals surface area (Å²) in [6, 6.07) is 7.70. The average Bonchev–Trinajstić information content (AvgIpc) is 2.57. The Morgan fingerprint density at radius 3 is 2.59 bits per heavy atom. The van der Waals surface area contributed by atoms with Gasteiger partial charge in [-0.1, -0.05) is 37.7 Å². The maximum Gasteiger partial charge on any atom is 0.315 e. The van der Waals surface area contributed by atoms with Gasteiger partial charge >= 0.3 is 5.97 Å². The predicted octanol–water partition coefficient (Wildman–Crippen LogP) is 3.77. The lowest BCUT2D eigenvalue weighted by atomic mass is 9.98. The zero-order valence-corrected chi connectivity index (χ0v) is 18.3. The summed E-state index contributed by atoms with van der Waals surface area (Å²) in [6.07, 6.45) is 2.08. The van der Waals surface area contributed by atoms with E-state index in [4.69, 9.17) is 21.7 Å². The van der Waals surface area contributed by atoms with Crippen LogP contribution in [-0.4, -0.2) is 55.3 Å². The Labute approximate surface area is 169 Å². The molecule has 1 rings (SSSR count). The third-order valence-corrected chi connectivity index (χ3v) is 4.35. The number of carbonyl (C=O) groups is 1. The number of likely N-dealkylation sites (N-methyl/N-ethyl adjacent to an activating group) is 1. The van der Waals surface area contributed by atoms with Crippen LogP contribution in [0.15, 0.2) is 24.3 Å². The molecule has 0 aromatic heterocycles. The second kappa shape index (κ2) is 11.2. The van der Waals surface area contributed by atoms with E-state index in [0.29, 0.717) is 19.7 Å². The summed E-state index contributed by atoms with van der Waals surface area (Å²) in [5.41, 5.74) is 0.338. The van der Waals surface area contributed by atoms with E-state index in [-0.39, 0.29) is 5.97 Å². The Bertz CT molecular complexity index is 612. The molecule has 0 spiro atoms. The van der Waals surface area contributed by atoms with Crippen molar-refractivity contribution in [1.82, 2.24) is 10.2 Å². The molecular formula is C21H34N2O3S. The fourth-order valence-corrected chi connectivity index (χ4v) is 2.45. The summed E-state index contributed by atoms with van der Waals surface area (Å²) in [7, 11) is 3.82. The van der Waals surface area contributed by atoms with Gasteiger partial charge < -0.3 is 19.7 Å². The minimum Gasteiger partial charge on any atom is -0.494 e. The molecule has 1 aromatic carbocycles. The number of carbonyl (C=O) groups excluding carboxylic acids is 1. The van der Waals surface area contributed by atoms with Crippen LogP contribution in [0.1, 0.15) is 52.0 Å². The number of esters is 1. The van der Waals surface area contributed by atoms with Gasteiger partial charge in [-0.2, -0.15) is 0 Å². The van der Waals surface area contributed by atoms with Crippen molar-refractivity contribution in [1.29, 1.82) is 0 Å². The number of benzene rings is 1. The van der Waals surface area contributed by atoms with Crippen molar-refractivity contribution in [2.75, 3.05) is 33.8 Å². The van der Waals surface area contributed by atoms with Gasteiger partial charge in [0.25, 0.3) is 0 Å². The lowest BCUT2D eigenvalue weighted by Crippen LogP contribution is -2.37. The van der Waals surface area contributed by atoms with Crippen LogP contribution in [0.4, 0.5) is 0 Å². The lowest BCUT2D eigenvalue weighted by Gasteiger charge is -2.25. The molecule has 0 aliphatic carbocycles. The average molecular weight is 395 g/mol. The van der Waals surface area contributed by atoms with Crippen LogP contribution in [-0.2, 0) is 9.53 Å². The fraction of sp³-hybridized carbons (Fsp3) is 0.619. The molecule has 5 nitrogen and oxygen atoms in total. The Hall–Kier alpha value is -1.66. The number of thiocarbonyl (C=S) groups is 1. The van der Waals surface area contributed by atoms with Gasteiger partial charge in [-0.25, -0.2) is 0 Å². The molecule has 27 heavy (non-hydrogen) atoms. The Morgan fingerprint density at radius 1 is 1.30 bits per heavy atom. The van der Waals surface area contributed by atoms with E-state index >= 15 is 0 Å². The molecule has 152 valence electrons. The number of nitrogens with one attached hydrogen (secondary N) is 1. The first-order valence-electron chi connectivity index (χ1n) is 9.50. The normalized spacial score (nSPS) is 12.4. The molecule has 0 heterocycles. The highest BCUT2D eigenvalue weighted by atomic mass is 32.1. The molecule has 1 atom stereocenters. The Kier molecular flexibility index (Phi) is 9.74. The summed E-state index contributed by atoms with van der Waals surface area (Å²) in [5.74, 6) is 0.0960. The maximum absolute atomic E-state index is 12.8. The summed E-state index contributed by atoms with van der Waals surface area (Å²) < 4.78 is 11.4. The highest BCUT2D eigenvalue weighted by Gasteiger charge is 2.27. The van der Waals surface area contributed by atoms with E-state index in [2.05, 4.69) is 12.2 Å². The molecule has 1 aromatic rings. The summed E-state index contributed by atoms with van der Waals surface area (Å²) in [4.78, 5) is 15.5. The molecule has 0 aliphatic rings. The summed E-state index contributed by atoms with van der Waals surface area (Å²) >= 11 is 5.31. The van der Waals surface area contributed by atoms with Crippen LogP contribution in [0.25, 0.3) is 0 Å². The molecule has 0 fully saturated rings. The van der Waals surface area contributed by atoms with Crippen molar-refractivity contribution in [3.8, 4) is 5.75 Å². The van der Waals surface area contributed by atoms with Gasteiger partial charge in [0.1, 0.15) is 11.4 Å². The van der Waals surface area contributed by atoms with Gasteiger partial charge in [-0.3, -0.25) is 4.79 Å². The zero-order valence-electron chi connectivity index (χ0n) is 17.5. The van der Waals surface area contributed by atoms with Gasteiger partial charge in [0.15, 0.2) is 0 Å². The van der Waals surface area contributed by atoms with E-state index in [1.165, 1.54) is 0 Å². The molecule has 0 bridgehead atoms. The van der Waals surface area contributed by atoms with E-state index in [0.717, 1.165) is 29.1 Å². The first-order chi connectivity index (χ1) is 12.6. The van der Waals surface area contributed by atoms with Gasteiger partial charge in [0, 0.05) is 27.2 Å². The number of ether oxygens (including phenoxy) is 2. The van der Waals surface area contributed by atoms with Gasteiger partial charge in [0.05, 0.1) is 17.5 Å².